The maximum absolute atomic E-state index is 11.4. The summed E-state index contributed by atoms with van der Waals surface area (Å²) in [6.45, 7) is 7.28. The number of rotatable bonds is 12. The second-order valence-corrected chi connectivity index (χ2v) is 5.78. The van der Waals surface area contributed by atoms with Crippen LogP contribution in [0.1, 0.15) is 85.0 Å². The Hall–Kier alpha value is -0.530. The molecule has 0 unspecified atom stereocenters. The van der Waals surface area contributed by atoms with Crippen LogP contribution in [0.15, 0.2) is 0 Å². The van der Waals surface area contributed by atoms with Gasteiger partial charge in [0.2, 0.25) is 5.91 Å². The van der Waals surface area contributed by atoms with Gasteiger partial charge in [-0.1, -0.05) is 72.1 Å². The van der Waals surface area contributed by atoms with Crippen LogP contribution in [-0.2, 0) is 4.79 Å². The van der Waals surface area contributed by atoms with Gasteiger partial charge >= 0.3 is 0 Å². The molecular weight excluding hydrogens is 222 g/mol. The van der Waals surface area contributed by atoms with Crippen molar-refractivity contribution in [3.8, 4) is 0 Å². The van der Waals surface area contributed by atoms with Crippen molar-refractivity contribution >= 4 is 5.91 Å². The van der Waals surface area contributed by atoms with E-state index in [9.17, 15) is 4.79 Å². The molecule has 0 aromatic heterocycles. The Morgan fingerprint density at radius 2 is 1.39 bits per heavy atom. The van der Waals surface area contributed by atoms with Crippen molar-refractivity contribution in [1.29, 1.82) is 0 Å². The normalized spacial score (nSPS) is 10.9. The minimum Gasteiger partial charge on any atom is -0.356 e. The second kappa shape index (κ2) is 12.9. The third-order valence-corrected chi connectivity index (χ3v) is 3.20. The van der Waals surface area contributed by atoms with Crippen LogP contribution < -0.4 is 5.32 Å². The number of hydrogen-bond donors (Lipinski definition) is 1. The third-order valence-electron chi connectivity index (χ3n) is 3.20. The fourth-order valence-electron chi connectivity index (χ4n) is 2.11. The quantitative estimate of drug-likeness (QED) is 0.504. The van der Waals surface area contributed by atoms with Gasteiger partial charge in [0.25, 0.3) is 0 Å². The standard InChI is InChI=1S/C16H33NO/c1-4-5-6-7-8-9-10-11-12-13-17-16(18)14-15(2)3/h15H,4-14H2,1-3H3,(H,17,18). The summed E-state index contributed by atoms with van der Waals surface area (Å²) in [5, 5.41) is 2.99. The number of carbonyl (C=O) groups excluding carboxylic acids is 1. The van der Waals surface area contributed by atoms with E-state index in [0.717, 1.165) is 13.0 Å². The van der Waals surface area contributed by atoms with Crippen molar-refractivity contribution < 1.29 is 4.79 Å². The summed E-state index contributed by atoms with van der Waals surface area (Å²) >= 11 is 0. The SMILES string of the molecule is CCCCCCCCCCCNC(=O)CC(C)C. The second-order valence-electron chi connectivity index (χ2n) is 5.78. The molecule has 1 amide bonds. The van der Waals surface area contributed by atoms with Crippen LogP contribution in [0.25, 0.3) is 0 Å². The maximum atomic E-state index is 11.4. The summed E-state index contributed by atoms with van der Waals surface area (Å²) in [4.78, 5) is 11.4. The Morgan fingerprint density at radius 3 is 1.89 bits per heavy atom. The van der Waals surface area contributed by atoms with Gasteiger partial charge < -0.3 is 5.32 Å². The molecule has 0 heterocycles. The summed E-state index contributed by atoms with van der Waals surface area (Å²) in [5.74, 6) is 0.678. The van der Waals surface area contributed by atoms with E-state index in [0.29, 0.717) is 12.3 Å². The van der Waals surface area contributed by atoms with Crippen molar-refractivity contribution in [1.82, 2.24) is 5.32 Å². The fraction of sp³-hybridized carbons (Fsp3) is 0.938. The first-order valence-electron chi connectivity index (χ1n) is 7.93. The van der Waals surface area contributed by atoms with Gasteiger partial charge in [0.1, 0.15) is 0 Å². The lowest BCUT2D eigenvalue weighted by atomic mass is 10.1. The first kappa shape index (κ1) is 17.5. The predicted octanol–water partition coefficient (Wildman–Crippen LogP) is 4.68. The van der Waals surface area contributed by atoms with Crippen LogP contribution >= 0.6 is 0 Å². The van der Waals surface area contributed by atoms with Crippen molar-refractivity contribution in [2.24, 2.45) is 5.92 Å². The van der Waals surface area contributed by atoms with E-state index in [1.54, 1.807) is 0 Å². The Bertz CT molecular complexity index is 190. The molecule has 0 rings (SSSR count). The monoisotopic (exact) mass is 255 g/mol. The highest BCUT2D eigenvalue weighted by atomic mass is 16.1. The van der Waals surface area contributed by atoms with E-state index < -0.39 is 0 Å². The number of nitrogens with one attached hydrogen (secondary N) is 1. The molecule has 0 saturated heterocycles. The highest BCUT2D eigenvalue weighted by molar-refractivity contribution is 5.75. The van der Waals surface area contributed by atoms with Crippen molar-refractivity contribution in [3.63, 3.8) is 0 Å². The van der Waals surface area contributed by atoms with Crippen LogP contribution in [-0.4, -0.2) is 12.5 Å². The number of amides is 1. The van der Waals surface area contributed by atoms with E-state index in [-0.39, 0.29) is 5.91 Å². The lowest BCUT2D eigenvalue weighted by molar-refractivity contribution is -0.121. The topological polar surface area (TPSA) is 29.1 Å². The highest BCUT2D eigenvalue weighted by Gasteiger charge is 2.02. The molecule has 18 heavy (non-hydrogen) atoms. The van der Waals surface area contributed by atoms with Gasteiger partial charge in [0.05, 0.1) is 0 Å². The number of carbonyl (C=O) groups is 1. The van der Waals surface area contributed by atoms with Gasteiger partial charge in [-0.15, -0.1) is 0 Å². The molecule has 0 radical (unpaired) electrons. The molecule has 108 valence electrons. The van der Waals surface area contributed by atoms with E-state index >= 15 is 0 Å². The zero-order chi connectivity index (χ0) is 13.6. The molecule has 0 aliphatic rings. The molecular formula is C16H33NO. The Morgan fingerprint density at radius 1 is 0.889 bits per heavy atom. The Balaban J connectivity index is 3.09. The van der Waals surface area contributed by atoms with E-state index in [1.165, 1.54) is 51.4 Å². The summed E-state index contributed by atoms with van der Waals surface area (Å²) < 4.78 is 0. The molecule has 2 nitrogen and oxygen atoms in total. The minimum absolute atomic E-state index is 0.213. The van der Waals surface area contributed by atoms with Gasteiger partial charge in [-0.2, -0.15) is 0 Å². The van der Waals surface area contributed by atoms with Crippen LogP contribution in [0.2, 0.25) is 0 Å². The van der Waals surface area contributed by atoms with Crippen molar-refractivity contribution in [2.45, 2.75) is 85.0 Å². The Labute approximate surface area is 114 Å². The van der Waals surface area contributed by atoms with Crippen LogP contribution in [0, 0.1) is 5.92 Å². The smallest absolute Gasteiger partial charge is 0.220 e. The molecule has 0 aromatic rings. The molecule has 0 spiro atoms. The molecule has 1 N–H and O–H groups in total. The fourth-order valence-corrected chi connectivity index (χ4v) is 2.11. The molecule has 0 aliphatic carbocycles. The van der Waals surface area contributed by atoms with Crippen LogP contribution in [0.5, 0.6) is 0 Å². The number of unbranched alkanes of at least 4 members (excludes halogenated alkanes) is 8. The molecule has 0 saturated carbocycles. The zero-order valence-corrected chi connectivity index (χ0v) is 12.8. The lowest BCUT2D eigenvalue weighted by Gasteiger charge is -2.07. The average molecular weight is 255 g/mol. The van der Waals surface area contributed by atoms with Crippen LogP contribution in [0.4, 0.5) is 0 Å². The van der Waals surface area contributed by atoms with Gasteiger partial charge in [0.15, 0.2) is 0 Å². The molecule has 0 aromatic carbocycles. The zero-order valence-electron chi connectivity index (χ0n) is 12.8. The van der Waals surface area contributed by atoms with Gasteiger partial charge in [-0.25, -0.2) is 0 Å². The summed E-state index contributed by atoms with van der Waals surface area (Å²) in [6, 6.07) is 0. The average Bonchev–Trinajstić information content (AvgIpc) is 2.30. The van der Waals surface area contributed by atoms with Crippen LogP contribution in [0.3, 0.4) is 0 Å². The van der Waals surface area contributed by atoms with E-state index in [1.807, 2.05) is 0 Å². The minimum atomic E-state index is 0.213. The Kier molecular flexibility index (Phi) is 12.5. The first-order chi connectivity index (χ1) is 8.66. The van der Waals surface area contributed by atoms with Crippen molar-refractivity contribution in [3.05, 3.63) is 0 Å². The van der Waals surface area contributed by atoms with Gasteiger partial charge in [0, 0.05) is 13.0 Å². The van der Waals surface area contributed by atoms with Gasteiger partial charge in [-0.05, 0) is 12.3 Å². The molecule has 0 aliphatic heterocycles. The summed E-state index contributed by atoms with van der Waals surface area (Å²) in [6.07, 6.45) is 12.7. The predicted molar refractivity (Wildman–Crippen MR) is 79.7 cm³/mol. The molecule has 2 heteroatoms. The van der Waals surface area contributed by atoms with Crippen molar-refractivity contribution in [2.75, 3.05) is 6.54 Å². The largest absolute Gasteiger partial charge is 0.356 e. The molecule has 0 fully saturated rings. The van der Waals surface area contributed by atoms with Gasteiger partial charge in [-0.3, -0.25) is 4.79 Å². The highest BCUT2D eigenvalue weighted by Crippen LogP contribution is 2.09. The summed E-state index contributed by atoms with van der Waals surface area (Å²) in [7, 11) is 0. The first-order valence-corrected chi connectivity index (χ1v) is 7.93. The van der Waals surface area contributed by atoms with E-state index in [2.05, 4.69) is 26.1 Å². The molecule has 0 bridgehead atoms. The van der Waals surface area contributed by atoms with E-state index in [4.69, 9.17) is 0 Å². The number of hydrogen-bond acceptors (Lipinski definition) is 1. The lowest BCUT2D eigenvalue weighted by Crippen LogP contribution is -2.25. The maximum Gasteiger partial charge on any atom is 0.220 e. The molecule has 0 atom stereocenters. The third kappa shape index (κ3) is 13.5. The summed E-state index contributed by atoms with van der Waals surface area (Å²) in [5.41, 5.74) is 0.